The Labute approximate surface area is 104 Å². The molecule has 0 saturated carbocycles. The van der Waals surface area contributed by atoms with Gasteiger partial charge in [0.2, 0.25) is 0 Å². The summed E-state index contributed by atoms with van der Waals surface area (Å²) in [7, 11) is 0. The van der Waals surface area contributed by atoms with Crippen molar-refractivity contribution in [2.45, 2.75) is 13.8 Å². The molecule has 92 valence electrons. The third-order valence-corrected chi connectivity index (χ3v) is 2.20. The number of nitrogens with one attached hydrogen (secondary N) is 2. The van der Waals surface area contributed by atoms with Gasteiger partial charge < -0.3 is 15.4 Å². The van der Waals surface area contributed by atoms with Crippen molar-refractivity contribution in [1.29, 1.82) is 0 Å². The number of hydrogen-bond acceptors (Lipinski definition) is 3. The molecule has 4 nitrogen and oxygen atoms in total. The average Bonchev–Trinajstić information content (AvgIpc) is 2.25. The summed E-state index contributed by atoms with van der Waals surface area (Å²) in [5, 5.41) is 4.95. The molecular weight excluding hydrogens is 243 g/mol. The number of carbonyl (C=O) groups is 1. The monoisotopic (exact) mass is 256 g/mol. The van der Waals surface area contributed by atoms with Crippen LogP contribution in [0.3, 0.4) is 0 Å². The van der Waals surface area contributed by atoms with Crippen LogP contribution >= 0.6 is 12.2 Å². The Kier molecular flexibility index (Phi) is 4.84. The zero-order valence-electron chi connectivity index (χ0n) is 9.54. The number of ether oxygens (including phenoxy) is 1. The Morgan fingerprint density at radius 3 is 2.88 bits per heavy atom. The lowest BCUT2D eigenvalue weighted by Crippen LogP contribution is -2.28. The first kappa shape index (κ1) is 13.4. The summed E-state index contributed by atoms with van der Waals surface area (Å²) in [6.07, 6.45) is -0.640. The number of hydrogen-bond donors (Lipinski definition) is 2. The second-order valence-corrected chi connectivity index (χ2v) is 3.62. The van der Waals surface area contributed by atoms with Gasteiger partial charge in [-0.1, -0.05) is 6.07 Å². The number of thiocarbonyl (C=S) groups is 1. The highest BCUT2D eigenvalue weighted by atomic mass is 32.1. The summed E-state index contributed by atoms with van der Waals surface area (Å²) in [4.78, 5) is 11.1. The molecule has 0 heterocycles. The topological polar surface area (TPSA) is 50.4 Å². The average molecular weight is 256 g/mol. The van der Waals surface area contributed by atoms with Gasteiger partial charge in [-0.15, -0.1) is 0 Å². The van der Waals surface area contributed by atoms with Crippen molar-refractivity contribution in [1.82, 2.24) is 5.32 Å². The molecule has 0 aliphatic heterocycles. The molecule has 1 rings (SSSR count). The molecule has 0 aromatic heterocycles. The molecule has 0 aliphatic carbocycles. The normalized spacial score (nSPS) is 9.59. The van der Waals surface area contributed by atoms with Gasteiger partial charge in [0.1, 0.15) is 5.82 Å². The number of halogens is 1. The van der Waals surface area contributed by atoms with Crippen LogP contribution in [0.4, 0.5) is 14.9 Å². The fraction of sp³-hybridized carbons (Fsp3) is 0.273. The van der Waals surface area contributed by atoms with Gasteiger partial charge in [-0.2, -0.15) is 0 Å². The highest BCUT2D eigenvalue weighted by Crippen LogP contribution is 2.17. The van der Waals surface area contributed by atoms with Crippen molar-refractivity contribution in [2.24, 2.45) is 0 Å². The maximum absolute atomic E-state index is 13.2. The Balaban J connectivity index is 2.62. The van der Waals surface area contributed by atoms with Gasteiger partial charge in [-0.25, -0.2) is 9.18 Å². The maximum atomic E-state index is 13.2. The summed E-state index contributed by atoms with van der Waals surface area (Å²) < 4.78 is 17.9. The van der Waals surface area contributed by atoms with Crippen molar-refractivity contribution in [2.75, 3.05) is 11.9 Å². The molecule has 1 aromatic rings. The quantitative estimate of drug-likeness (QED) is 0.798. The van der Waals surface area contributed by atoms with Gasteiger partial charge >= 0.3 is 6.09 Å². The van der Waals surface area contributed by atoms with E-state index in [1.54, 1.807) is 26.0 Å². The molecule has 0 aliphatic rings. The van der Waals surface area contributed by atoms with Crippen LogP contribution in [0.1, 0.15) is 12.5 Å². The van der Waals surface area contributed by atoms with E-state index in [4.69, 9.17) is 17.0 Å². The number of carbonyl (C=O) groups excluding carboxylic acids is 1. The first-order valence-electron chi connectivity index (χ1n) is 5.06. The van der Waals surface area contributed by atoms with E-state index < -0.39 is 6.09 Å². The van der Waals surface area contributed by atoms with E-state index in [9.17, 15) is 9.18 Å². The Bertz CT molecular complexity index is 437. The zero-order chi connectivity index (χ0) is 12.8. The van der Waals surface area contributed by atoms with Crippen molar-refractivity contribution in [3.05, 3.63) is 29.6 Å². The molecule has 0 atom stereocenters. The third-order valence-electron chi connectivity index (χ3n) is 2.01. The zero-order valence-corrected chi connectivity index (χ0v) is 10.4. The Morgan fingerprint density at radius 1 is 1.53 bits per heavy atom. The SMILES string of the molecule is CCNC(=O)OC(=S)Nc1cccc(F)c1C. The Hall–Kier alpha value is -1.69. The van der Waals surface area contributed by atoms with Gasteiger partial charge in [0.15, 0.2) is 0 Å². The first-order valence-corrected chi connectivity index (χ1v) is 5.47. The molecule has 0 saturated heterocycles. The summed E-state index contributed by atoms with van der Waals surface area (Å²) >= 11 is 4.81. The molecule has 2 N–H and O–H groups in total. The van der Waals surface area contributed by atoms with Crippen LogP contribution in [-0.4, -0.2) is 17.8 Å². The largest absolute Gasteiger partial charge is 0.414 e. The molecule has 0 bridgehead atoms. The number of benzene rings is 1. The lowest BCUT2D eigenvalue weighted by atomic mass is 10.2. The highest BCUT2D eigenvalue weighted by molar-refractivity contribution is 7.80. The Morgan fingerprint density at radius 2 is 2.24 bits per heavy atom. The van der Waals surface area contributed by atoms with Gasteiger partial charge in [-0.3, -0.25) is 0 Å². The molecular formula is C11H13FN2O2S. The fourth-order valence-electron chi connectivity index (χ4n) is 1.14. The second-order valence-electron chi connectivity index (χ2n) is 3.24. The summed E-state index contributed by atoms with van der Waals surface area (Å²) in [6.45, 7) is 3.81. The summed E-state index contributed by atoms with van der Waals surface area (Å²) in [5.41, 5.74) is 0.883. The molecule has 6 heteroatoms. The van der Waals surface area contributed by atoms with Crippen LogP contribution < -0.4 is 10.6 Å². The van der Waals surface area contributed by atoms with E-state index in [2.05, 4.69) is 10.6 Å². The fourth-order valence-corrected chi connectivity index (χ4v) is 1.33. The highest BCUT2D eigenvalue weighted by Gasteiger charge is 2.08. The van der Waals surface area contributed by atoms with Gasteiger partial charge in [0.25, 0.3) is 5.17 Å². The lowest BCUT2D eigenvalue weighted by Gasteiger charge is -2.10. The second kappa shape index (κ2) is 6.15. The van der Waals surface area contributed by atoms with Gasteiger partial charge in [0, 0.05) is 17.8 Å². The van der Waals surface area contributed by atoms with E-state index >= 15 is 0 Å². The van der Waals surface area contributed by atoms with Gasteiger partial charge in [-0.05, 0) is 38.2 Å². The van der Waals surface area contributed by atoms with Crippen LogP contribution in [0.15, 0.2) is 18.2 Å². The first-order chi connectivity index (χ1) is 8.04. The van der Waals surface area contributed by atoms with E-state index in [1.807, 2.05) is 0 Å². The standard InChI is InChI=1S/C11H13FN2O2S/c1-3-13-10(15)16-11(17)14-9-6-4-5-8(12)7(9)2/h4-6H,3H2,1-2H3,(H,13,15)(H,14,17). The predicted octanol–water partition coefficient (Wildman–Crippen LogP) is 2.58. The minimum absolute atomic E-state index is 0.121. The van der Waals surface area contributed by atoms with E-state index in [1.165, 1.54) is 6.07 Å². The molecule has 0 radical (unpaired) electrons. The van der Waals surface area contributed by atoms with Crippen molar-refractivity contribution in [3.63, 3.8) is 0 Å². The number of anilines is 1. The molecule has 1 amide bonds. The number of alkyl carbamates (subject to hydrolysis) is 1. The minimum Gasteiger partial charge on any atom is -0.382 e. The third kappa shape index (κ3) is 3.99. The van der Waals surface area contributed by atoms with E-state index in [0.717, 1.165) is 0 Å². The van der Waals surface area contributed by atoms with Crippen molar-refractivity contribution >= 4 is 29.2 Å². The van der Waals surface area contributed by atoms with E-state index in [0.29, 0.717) is 17.8 Å². The minimum atomic E-state index is -0.640. The maximum Gasteiger partial charge on any atom is 0.414 e. The van der Waals surface area contributed by atoms with Crippen LogP contribution in [0, 0.1) is 12.7 Å². The van der Waals surface area contributed by atoms with Crippen LogP contribution in [0.25, 0.3) is 0 Å². The number of amides is 1. The van der Waals surface area contributed by atoms with Gasteiger partial charge in [0.05, 0.1) is 0 Å². The van der Waals surface area contributed by atoms with Crippen molar-refractivity contribution < 1.29 is 13.9 Å². The smallest absolute Gasteiger partial charge is 0.382 e. The molecule has 0 unspecified atom stereocenters. The lowest BCUT2D eigenvalue weighted by molar-refractivity contribution is 0.199. The van der Waals surface area contributed by atoms with E-state index in [-0.39, 0.29) is 11.0 Å². The molecule has 1 aromatic carbocycles. The summed E-state index contributed by atoms with van der Waals surface area (Å²) in [5.74, 6) is -0.351. The van der Waals surface area contributed by atoms with Crippen molar-refractivity contribution in [3.8, 4) is 0 Å². The predicted molar refractivity (Wildman–Crippen MR) is 67.5 cm³/mol. The van der Waals surface area contributed by atoms with Crippen LogP contribution in [0.2, 0.25) is 0 Å². The van der Waals surface area contributed by atoms with Crippen LogP contribution in [0.5, 0.6) is 0 Å². The molecule has 17 heavy (non-hydrogen) atoms. The molecule has 0 spiro atoms. The van der Waals surface area contributed by atoms with Crippen LogP contribution in [-0.2, 0) is 4.74 Å². The number of rotatable bonds is 2. The molecule has 0 fully saturated rings. The summed E-state index contributed by atoms with van der Waals surface area (Å²) in [6, 6.07) is 4.53.